The van der Waals surface area contributed by atoms with E-state index >= 15 is 0 Å². The fourth-order valence-corrected chi connectivity index (χ4v) is 1.94. The smallest absolute Gasteiger partial charge is 0.341 e. The molecule has 0 amide bonds. The van der Waals surface area contributed by atoms with Crippen LogP contribution in [-0.4, -0.2) is 35.4 Å². The van der Waals surface area contributed by atoms with Crippen LogP contribution in [-0.2, 0) is 9.53 Å². The van der Waals surface area contributed by atoms with Gasteiger partial charge in [-0.15, -0.1) is 0 Å². The monoisotopic (exact) mass is 295 g/mol. The van der Waals surface area contributed by atoms with E-state index in [1.807, 2.05) is 6.07 Å². The van der Waals surface area contributed by atoms with Crippen molar-refractivity contribution in [1.29, 1.82) is 0 Å². The molecule has 2 aromatic rings. The molecule has 1 N–H and O–H groups in total. The van der Waals surface area contributed by atoms with Gasteiger partial charge in [0.25, 0.3) is 0 Å². The van der Waals surface area contributed by atoms with Gasteiger partial charge in [-0.05, 0) is 31.2 Å². The Morgan fingerprint density at radius 1 is 1.45 bits per heavy atom. The van der Waals surface area contributed by atoms with Gasteiger partial charge < -0.3 is 14.6 Å². The topological polar surface area (TPSA) is 68.7 Å². The van der Waals surface area contributed by atoms with Gasteiger partial charge in [-0.1, -0.05) is 11.6 Å². The fourth-order valence-electron chi connectivity index (χ4n) is 1.73. The van der Waals surface area contributed by atoms with Crippen molar-refractivity contribution in [1.82, 2.24) is 4.98 Å². The first-order valence-corrected chi connectivity index (χ1v) is 6.30. The van der Waals surface area contributed by atoms with Crippen molar-refractivity contribution in [2.45, 2.75) is 12.5 Å². The molecule has 0 spiro atoms. The Morgan fingerprint density at radius 2 is 2.20 bits per heavy atom. The van der Waals surface area contributed by atoms with Crippen molar-refractivity contribution >= 4 is 28.5 Å². The Labute approximate surface area is 121 Å². The van der Waals surface area contributed by atoms with Crippen molar-refractivity contribution in [3.8, 4) is 5.75 Å². The summed E-state index contributed by atoms with van der Waals surface area (Å²) in [6.45, 7) is 1.08. The molecule has 0 aliphatic carbocycles. The molecule has 106 valence electrons. The SMILES string of the molecule is COC(=O)C(C)(O)COc1ccc(Cl)c2cccnc12. The number of aromatic nitrogens is 1. The molecule has 1 atom stereocenters. The average Bonchev–Trinajstić information content (AvgIpc) is 2.46. The molecule has 1 aromatic heterocycles. The Bertz CT molecular complexity index is 642. The Kier molecular flexibility index (Phi) is 4.11. The zero-order valence-electron chi connectivity index (χ0n) is 11.1. The third-order valence-corrected chi connectivity index (χ3v) is 3.14. The van der Waals surface area contributed by atoms with Crippen molar-refractivity contribution in [2.24, 2.45) is 0 Å². The van der Waals surface area contributed by atoms with Gasteiger partial charge in [0, 0.05) is 11.6 Å². The van der Waals surface area contributed by atoms with Gasteiger partial charge in [0.15, 0.2) is 5.60 Å². The largest absolute Gasteiger partial charge is 0.488 e. The van der Waals surface area contributed by atoms with Crippen molar-refractivity contribution in [3.63, 3.8) is 0 Å². The number of hydrogen-bond donors (Lipinski definition) is 1. The number of methoxy groups -OCH3 is 1. The summed E-state index contributed by atoms with van der Waals surface area (Å²) in [6, 6.07) is 6.90. The summed E-state index contributed by atoms with van der Waals surface area (Å²) in [4.78, 5) is 15.6. The predicted octanol–water partition coefficient (Wildman–Crippen LogP) is 2.19. The number of carbonyl (C=O) groups excluding carboxylic acids is 1. The number of nitrogens with zero attached hydrogens (tertiary/aromatic N) is 1. The molecule has 0 saturated carbocycles. The summed E-state index contributed by atoms with van der Waals surface area (Å²) in [6.07, 6.45) is 1.62. The number of halogens is 1. The molecule has 2 rings (SSSR count). The van der Waals surface area contributed by atoms with Gasteiger partial charge in [-0.3, -0.25) is 4.98 Å². The van der Waals surface area contributed by atoms with Crippen LogP contribution in [0.2, 0.25) is 5.02 Å². The average molecular weight is 296 g/mol. The van der Waals surface area contributed by atoms with Crippen molar-refractivity contribution in [2.75, 3.05) is 13.7 Å². The first kappa shape index (κ1) is 14.6. The molecule has 0 aliphatic rings. The molecule has 0 bridgehead atoms. The number of benzene rings is 1. The second-order valence-corrected chi connectivity index (χ2v) is 4.91. The summed E-state index contributed by atoms with van der Waals surface area (Å²) >= 11 is 6.07. The number of esters is 1. The van der Waals surface area contributed by atoms with Crippen LogP contribution in [0.1, 0.15) is 6.92 Å². The first-order chi connectivity index (χ1) is 9.45. The molecular formula is C14H14ClNO4. The molecule has 0 radical (unpaired) electrons. The molecule has 1 aromatic carbocycles. The minimum atomic E-state index is -1.73. The highest BCUT2D eigenvalue weighted by Gasteiger charge is 2.32. The quantitative estimate of drug-likeness (QED) is 0.876. The molecule has 1 heterocycles. The minimum Gasteiger partial charge on any atom is -0.488 e. The van der Waals surface area contributed by atoms with E-state index in [4.69, 9.17) is 16.3 Å². The lowest BCUT2D eigenvalue weighted by atomic mass is 10.1. The van der Waals surface area contributed by atoms with Crippen LogP contribution in [0.4, 0.5) is 0 Å². The second kappa shape index (κ2) is 5.64. The molecule has 20 heavy (non-hydrogen) atoms. The van der Waals surface area contributed by atoms with E-state index in [2.05, 4.69) is 9.72 Å². The molecule has 6 heteroatoms. The lowest BCUT2D eigenvalue weighted by molar-refractivity contribution is -0.163. The van der Waals surface area contributed by atoms with E-state index in [1.165, 1.54) is 14.0 Å². The summed E-state index contributed by atoms with van der Waals surface area (Å²) in [7, 11) is 1.20. The molecule has 1 unspecified atom stereocenters. The fraction of sp³-hybridized carbons (Fsp3) is 0.286. The van der Waals surface area contributed by atoms with Gasteiger partial charge in [0.1, 0.15) is 17.9 Å². The number of hydrogen-bond acceptors (Lipinski definition) is 5. The van der Waals surface area contributed by atoms with Crippen LogP contribution in [0.5, 0.6) is 5.75 Å². The van der Waals surface area contributed by atoms with Crippen LogP contribution < -0.4 is 4.74 Å². The highest BCUT2D eigenvalue weighted by molar-refractivity contribution is 6.35. The van der Waals surface area contributed by atoms with E-state index in [0.29, 0.717) is 16.3 Å². The van der Waals surface area contributed by atoms with Gasteiger partial charge in [0.2, 0.25) is 0 Å². The van der Waals surface area contributed by atoms with Crippen LogP contribution in [0.3, 0.4) is 0 Å². The van der Waals surface area contributed by atoms with Crippen LogP contribution in [0, 0.1) is 0 Å². The number of pyridine rings is 1. The Balaban J connectivity index is 2.27. The minimum absolute atomic E-state index is 0.243. The zero-order valence-corrected chi connectivity index (χ0v) is 11.8. The van der Waals surface area contributed by atoms with E-state index in [0.717, 1.165) is 5.39 Å². The summed E-state index contributed by atoms with van der Waals surface area (Å²) in [5.74, 6) is -0.321. The summed E-state index contributed by atoms with van der Waals surface area (Å²) in [5, 5.41) is 11.2. The number of ether oxygens (including phenoxy) is 2. The molecule has 0 aliphatic heterocycles. The molecule has 0 saturated heterocycles. The second-order valence-electron chi connectivity index (χ2n) is 4.50. The summed E-state index contributed by atoms with van der Waals surface area (Å²) < 4.78 is 9.99. The van der Waals surface area contributed by atoms with E-state index in [-0.39, 0.29) is 6.61 Å². The van der Waals surface area contributed by atoms with Gasteiger partial charge >= 0.3 is 5.97 Å². The van der Waals surface area contributed by atoms with Crippen LogP contribution >= 0.6 is 11.6 Å². The predicted molar refractivity (Wildman–Crippen MR) is 74.9 cm³/mol. The van der Waals surface area contributed by atoms with Crippen LogP contribution in [0.25, 0.3) is 10.9 Å². The number of fused-ring (bicyclic) bond motifs is 1. The third kappa shape index (κ3) is 2.84. The standard InChI is InChI=1S/C14H14ClNO4/c1-14(18,13(17)19-2)8-20-11-6-5-10(15)9-4-3-7-16-12(9)11/h3-7,18H,8H2,1-2H3. The van der Waals surface area contributed by atoms with Crippen molar-refractivity contribution < 1.29 is 19.4 Å². The van der Waals surface area contributed by atoms with Gasteiger partial charge in [-0.25, -0.2) is 4.79 Å². The van der Waals surface area contributed by atoms with Gasteiger partial charge in [-0.2, -0.15) is 0 Å². The molecule has 0 fully saturated rings. The van der Waals surface area contributed by atoms with Crippen molar-refractivity contribution in [3.05, 3.63) is 35.5 Å². The highest BCUT2D eigenvalue weighted by atomic mass is 35.5. The van der Waals surface area contributed by atoms with Crippen LogP contribution in [0.15, 0.2) is 30.5 Å². The normalized spacial score (nSPS) is 13.8. The zero-order chi connectivity index (χ0) is 14.8. The number of aliphatic hydroxyl groups is 1. The first-order valence-electron chi connectivity index (χ1n) is 5.92. The lowest BCUT2D eigenvalue weighted by Crippen LogP contribution is -2.42. The Hall–Kier alpha value is -1.85. The van der Waals surface area contributed by atoms with E-state index < -0.39 is 11.6 Å². The maximum Gasteiger partial charge on any atom is 0.341 e. The number of carbonyl (C=O) groups is 1. The Morgan fingerprint density at radius 3 is 2.90 bits per heavy atom. The number of rotatable bonds is 4. The molecular weight excluding hydrogens is 282 g/mol. The summed E-state index contributed by atoms with van der Waals surface area (Å²) in [5.41, 5.74) is -1.16. The van der Waals surface area contributed by atoms with E-state index in [9.17, 15) is 9.90 Å². The maximum absolute atomic E-state index is 11.4. The highest BCUT2D eigenvalue weighted by Crippen LogP contribution is 2.30. The van der Waals surface area contributed by atoms with E-state index in [1.54, 1.807) is 24.4 Å². The lowest BCUT2D eigenvalue weighted by Gasteiger charge is -2.20. The maximum atomic E-state index is 11.4. The third-order valence-electron chi connectivity index (χ3n) is 2.81. The molecule has 5 nitrogen and oxygen atoms in total. The van der Waals surface area contributed by atoms with Gasteiger partial charge in [0.05, 0.1) is 12.1 Å².